The fourth-order valence-electron chi connectivity index (χ4n) is 3.08. The van der Waals surface area contributed by atoms with E-state index >= 15 is 0 Å². The summed E-state index contributed by atoms with van der Waals surface area (Å²) in [6.07, 6.45) is 6.92. The number of rotatable bonds is 5. The SMILES string of the molecule is CCC(NC(=O)N[C@@H](C(=O)O)C(C)(C)C)C1CCCCC1. The van der Waals surface area contributed by atoms with Gasteiger partial charge in [-0.15, -0.1) is 0 Å². The number of amides is 2. The number of nitrogens with one attached hydrogen (secondary N) is 2. The summed E-state index contributed by atoms with van der Waals surface area (Å²) in [7, 11) is 0. The summed E-state index contributed by atoms with van der Waals surface area (Å²) in [5, 5.41) is 14.8. The number of carboxylic acid groups (broad SMARTS) is 1. The van der Waals surface area contributed by atoms with Crippen molar-refractivity contribution in [1.82, 2.24) is 10.6 Å². The molecule has 1 aliphatic rings. The number of carbonyl (C=O) groups is 2. The first-order chi connectivity index (χ1) is 9.75. The number of hydrogen-bond donors (Lipinski definition) is 3. The molecule has 3 N–H and O–H groups in total. The van der Waals surface area contributed by atoms with Crippen LogP contribution in [0.3, 0.4) is 0 Å². The second kappa shape index (κ2) is 7.66. The highest BCUT2D eigenvalue weighted by Crippen LogP contribution is 2.27. The second-order valence-corrected chi connectivity index (χ2v) is 7.17. The summed E-state index contributed by atoms with van der Waals surface area (Å²) < 4.78 is 0. The van der Waals surface area contributed by atoms with E-state index in [1.807, 2.05) is 20.8 Å². The first-order valence-electron chi connectivity index (χ1n) is 8.05. The zero-order valence-electron chi connectivity index (χ0n) is 13.7. The van der Waals surface area contributed by atoms with Gasteiger partial charge in [0, 0.05) is 6.04 Å². The largest absolute Gasteiger partial charge is 0.480 e. The van der Waals surface area contributed by atoms with Crippen molar-refractivity contribution in [2.45, 2.75) is 78.3 Å². The number of urea groups is 1. The molecule has 1 fully saturated rings. The lowest BCUT2D eigenvalue weighted by Gasteiger charge is -2.32. The Balaban J connectivity index is 2.59. The van der Waals surface area contributed by atoms with Gasteiger partial charge in [-0.3, -0.25) is 0 Å². The molecular formula is C16H30N2O3. The van der Waals surface area contributed by atoms with E-state index < -0.39 is 17.4 Å². The van der Waals surface area contributed by atoms with E-state index in [0.29, 0.717) is 5.92 Å². The molecule has 0 aliphatic heterocycles. The van der Waals surface area contributed by atoms with E-state index in [-0.39, 0.29) is 12.1 Å². The van der Waals surface area contributed by atoms with Gasteiger partial charge in [0.2, 0.25) is 0 Å². The summed E-state index contributed by atoms with van der Waals surface area (Å²) in [6, 6.07) is -1.11. The Bertz CT molecular complexity index is 357. The molecule has 2 atom stereocenters. The third kappa shape index (κ3) is 5.56. The highest BCUT2D eigenvalue weighted by Gasteiger charge is 2.33. The van der Waals surface area contributed by atoms with Crippen LogP contribution in [0.4, 0.5) is 4.79 Å². The van der Waals surface area contributed by atoms with E-state index in [1.165, 1.54) is 19.3 Å². The van der Waals surface area contributed by atoms with Crippen LogP contribution in [0.25, 0.3) is 0 Å². The molecule has 0 saturated heterocycles. The van der Waals surface area contributed by atoms with Crippen molar-refractivity contribution in [1.29, 1.82) is 0 Å². The van der Waals surface area contributed by atoms with Crippen LogP contribution >= 0.6 is 0 Å². The average molecular weight is 298 g/mol. The zero-order chi connectivity index (χ0) is 16.0. The Hall–Kier alpha value is -1.26. The highest BCUT2D eigenvalue weighted by atomic mass is 16.4. The lowest BCUT2D eigenvalue weighted by atomic mass is 9.83. The van der Waals surface area contributed by atoms with Crippen molar-refractivity contribution in [2.75, 3.05) is 0 Å². The monoisotopic (exact) mass is 298 g/mol. The van der Waals surface area contributed by atoms with Crippen LogP contribution < -0.4 is 10.6 Å². The molecule has 5 heteroatoms. The van der Waals surface area contributed by atoms with Gasteiger partial charge >= 0.3 is 12.0 Å². The quantitative estimate of drug-likeness (QED) is 0.729. The van der Waals surface area contributed by atoms with Gasteiger partial charge in [0.15, 0.2) is 0 Å². The minimum atomic E-state index is -0.997. The van der Waals surface area contributed by atoms with E-state index in [1.54, 1.807) is 0 Å². The van der Waals surface area contributed by atoms with Gasteiger partial charge in [0.05, 0.1) is 0 Å². The number of hydrogen-bond acceptors (Lipinski definition) is 2. The van der Waals surface area contributed by atoms with Crippen LogP contribution in [0.1, 0.15) is 66.2 Å². The molecule has 1 saturated carbocycles. The molecular weight excluding hydrogens is 268 g/mol. The van der Waals surface area contributed by atoms with Crippen LogP contribution in [0.5, 0.6) is 0 Å². The summed E-state index contributed by atoms with van der Waals surface area (Å²) in [5.41, 5.74) is -0.518. The second-order valence-electron chi connectivity index (χ2n) is 7.17. The van der Waals surface area contributed by atoms with Gasteiger partial charge in [0.25, 0.3) is 0 Å². The Kier molecular flexibility index (Phi) is 6.49. The molecule has 0 aromatic carbocycles. The molecule has 1 rings (SSSR count). The minimum absolute atomic E-state index is 0.139. The molecule has 0 aromatic rings. The lowest BCUT2D eigenvalue weighted by molar-refractivity contribution is -0.141. The van der Waals surface area contributed by atoms with E-state index in [0.717, 1.165) is 19.3 Å². The minimum Gasteiger partial charge on any atom is -0.480 e. The molecule has 21 heavy (non-hydrogen) atoms. The van der Waals surface area contributed by atoms with Gasteiger partial charge in [0.1, 0.15) is 6.04 Å². The fraction of sp³-hybridized carbons (Fsp3) is 0.875. The third-order valence-corrected chi connectivity index (χ3v) is 4.36. The number of carboxylic acids is 1. The molecule has 5 nitrogen and oxygen atoms in total. The van der Waals surface area contributed by atoms with Crippen molar-refractivity contribution in [3.05, 3.63) is 0 Å². The maximum atomic E-state index is 12.1. The third-order valence-electron chi connectivity index (χ3n) is 4.36. The van der Waals surface area contributed by atoms with Crippen molar-refractivity contribution >= 4 is 12.0 Å². The van der Waals surface area contributed by atoms with Gasteiger partial charge in [-0.25, -0.2) is 9.59 Å². The Morgan fingerprint density at radius 3 is 2.14 bits per heavy atom. The lowest BCUT2D eigenvalue weighted by Crippen LogP contribution is -2.54. The van der Waals surface area contributed by atoms with Gasteiger partial charge < -0.3 is 15.7 Å². The van der Waals surface area contributed by atoms with Crippen LogP contribution in [0.15, 0.2) is 0 Å². The average Bonchev–Trinajstić information content (AvgIpc) is 2.41. The molecule has 0 spiro atoms. The molecule has 0 heterocycles. The maximum Gasteiger partial charge on any atom is 0.326 e. The first-order valence-corrected chi connectivity index (χ1v) is 8.05. The Morgan fingerprint density at radius 2 is 1.71 bits per heavy atom. The van der Waals surface area contributed by atoms with Gasteiger partial charge in [-0.1, -0.05) is 47.0 Å². The number of aliphatic carboxylic acids is 1. The van der Waals surface area contributed by atoms with Crippen LogP contribution in [-0.2, 0) is 4.79 Å². The Morgan fingerprint density at radius 1 is 1.14 bits per heavy atom. The van der Waals surface area contributed by atoms with E-state index in [9.17, 15) is 14.7 Å². The summed E-state index contributed by atoms with van der Waals surface area (Å²) in [5.74, 6) is -0.476. The molecule has 122 valence electrons. The summed E-state index contributed by atoms with van der Waals surface area (Å²) in [6.45, 7) is 7.50. The highest BCUT2D eigenvalue weighted by molar-refractivity contribution is 5.83. The van der Waals surface area contributed by atoms with E-state index in [4.69, 9.17) is 0 Å². The molecule has 0 radical (unpaired) electrons. The van der Waals surface area contributed by atoms with E-state index in [2.05, 4.69) is 17.6 Å². The van der Waals surface area contributed by atoms with Crippen molar-refractivity contribution in [2.24, 2.45) is 11.3 Å². The van der Waals surface area contributed by atoms with Gasteiger partial charge in [-0.05, 0) is 30.6 Å². The smallest absolute Gasteiger partial charge is 0.326 e. The maximum absolute atomic E-state index is 12.1. The fourth-order valence-corrected chi connectivity index (χ4v) is 3.08. The predicted molar refractivity (Wildman–Crippen MR) is 83.2 cm³/mol. The predicted octanol–water partition coefficient (Wildman–Crippen LogP) is 3.14. The summed E-state index contributed by atoms with van der Waals surface area (Å²) in [4.78, 5) is 23.4. The van der Waals surface area contributed by atoms with Crippen LogP contribution in [0, 0.1) is 11.3 Å². The van der Waals surface area contributed by atoms with Crippen molar-refractivity contribution < 1.29 is 14.7 Å². The van der Waals surface area contributed by atoms with Crippen LogP contribution in [0.2, 0.25) is 0 Å². The molecule has 0 bridgehead atoms. The molecule has 0 aromatic heterocycles. The van der Waals surface area contributed by atoms with Crippen LogP contribution in [-0.4, -0.2) is 29.2 Å². The number of carbonyl (C=O) groups excluding carboxylic acids is 1. The standard InChI is InChI=1S/C16H30N2O3/c1-5-12(11-9-7-6-8-10-11)17-15(21)18-13(14(19)20)16(2,3)4/h11-13H,5-10H2,1-4H3,(H,19,20)(H2,17,18,21)/t12?,13-/m0/s1. The Labute approximate surface area is 127 Å². The van der Waals surface area contributed by atoms with Gasteiger partial charge in [-0.2, -0.15) is 0 Å². The van der Waals surface area contributed by atoms with Crippen molar-refractivity contribution in [3.8, 4) is 0 Å². The van der Waals surface area contributed by atoms with Crippen molar-refractivity contribution in [3.63, 3.8) is 0 Å². The summed E-state index contributed by atoms with van der Waals surface area (Å²) >= 11 is 0. The molecule has 1 unspecified atom stereocenters. The first kappa shape index (κ1) is 17.8. The molecule has 1 aliphatic carbocycles. The normalized spacial score (nSPS) is 19.6. The molecule has 2 amide bonds. The zero-order valence-corrected chi connectivity index (χ0v) is 13.7. The topological polar surface area (TPSA) is 78.4 Å².